The van der Waals surface area contributed by atoms with E-state index >= 15 is 4.39 Å². The Balaban J connectivity index is 1.92. The van der Waals surface area contributed by atoms with Crippen LogP contribution in [0.3, 0.4) is 0 Å². The summed E-state index contributed by atoms with van der Waals surface area (Å²) in [5.74, 6) is -5.68. The third-order valence-corrected chi connectivity index (χ3v) is 5.35. The number of aromatic amines is 1. The summed E-state index contributed by atoms with van der Waals surface area (Å²) in [4.78, 5) is 18.0. The molecule has 1 atom stereocenters. The Hall–Kier alpha value is -3.98. The zero-order valence-electron chi connectivity index (χ0n) is 16.6. The Morgan fingerprint density at radius 3 is 2.56 bits per heavy atom. The van der Waals surface area contributed by atoms with E-state index in [1.54, 1.807) is 42.5 Å². The number of nitrogens with zero attached hydrogens (tertiary/aromatic N) is 3. The molecule has 32 heavy (non-hydrogen) atoms. The van der Waals surface area contributed by atoms with E-state index in [0.29, 0.717) is 16.7 Å². The quantitative estimate of drug-likeness (QED) is 0.455. The summed E-state index contributed by atoms with van der Waals surface area (Å²) < 4.78 is 51.0. The van der Waals surface area contributed by atoms with Gasteiger partial charge in [-0.1, -0.05) is 24.3 Å². The first kappa shape index (κ1) is 20.0. The molecule has 0 saturated heterocycles. The molecule has 0 aliphatic carbocycles. The minimum atomic E-state index is -3.01. The van der Waals surface area contributed by atoms with Gasteiger partial charge in [0, 0.05) is 18.7 Å². The average molecular weight is 436 g/mol. The van der Waals surface area contributed by atoms with Crippen LogP contribution in [-0.4, -0.2) is 26.9 Å². The third kappa shape index (κ3) is 2.75. The van der Waals surface area contributed by atoms with E-state index in [-0.39, 0.29) is 10.9 Å². The lowest BCUT2D eigenvalue weighted by atomic mass is 10.00. The molecule has 9 heteroatoms. The first-order chi connectivity index (χ1) is 15.5. The van der Waals surface area contributed by atoms with Crippen molar-refractivity contribution >= 4 is 21.9 Å². The molecule has 5 aromatic rings. The van der Waals surface area contributed by atoms with Crippen LogP contribution in [0, 0.1) is 11.6 Å². The maximum atomic E-state index is 16.2. The van der Waals surface area contributed by atoms with E-state index in [1.807, 2.05) is 0 Å². The molecule has 0 bridgehead atoms. The number of halogens is 3. The van der Waals surface area contributed by atoms with E-state index in [2.05, 4.69) is 15.2 Å². The molecule has 3 aromatic heterocycles. The standard InChI is InChI=1S/C23H15F3N4O2/c1-32-23(26,15-10-5-11-16(24)18(15)25)20-17-19(28-29-20)14-9-6-12-27-21(14)30(22(17)31)13-7-3-2-4-8-13/h2-12H,1H3,(H,28,29). The molecule has 1 N–H and O–H groups in total. The summed E-state index contributed by atoms with van der Waals surface area (Å²) in [6.45, 7) is 0. The largest absolute Gasteiger partial charge is 0.341 e. The van der Waals surface area contributed by atoms with E-state index in [1.165, 1.54) is 10.8 Å². The molecule has 0 aliphatic heterocycles. The normalized spacial score (nSPS) is 13.5. The number of ether oxygens (including phenoxy) is 1. The molecule has 0 radical (unpaired) electrons. The number of benzene rings is 2. The lowest BCUT2D eigenvalue weighted by Crippen LogP contribution is -2.29. The molecule has 0 aliphatic rings. The van der Waals surface area contributed by atoms with Crippen LogP contribution in [0.5, 0.6) is 0 Å². The molecule has 6 nitrogen and oxygen atoms in total. The van der Waals surface area contributed by atoms with E-state index in [0.717, 1.165) is 25.3 Å². The number of nitrogens with one attached hydrogen (secondary N) is 1. The van der Waals surface area contributed by atoms with Gasteiger partial charge < -0.3 is 4.74 Å². The van der Waals surface area contributed by atoms with Crippen LogP contribution >= 0.6 is 0 Å². The summed E-state index contributed by atoms with van der Waals surface area (Å²) in [5.41, 5.74) is -0.863. The van der Waals surface area contributed by atoms with Gasteiger partial charge in [-0.2, -0.15) is 9.49 Å². The lowest BCUT2D eigenvalue weighted by Gasteiger charge is -2.23. The fraction of sp³-hybridized carbons (Fsp3) is 0.0870. The van der Waals surface area contributed by atoms with Gasteiger partial charge in [0.1, 0.15) is 16.9 Å². The first-order valence-corrected chi connectivity index (χ1v) is 9.59. The van der Waals surface area contributed by atoms with Crippen LogP contribution in [0.2, 0.25) is 0 Å². The summed E-state index contributed by atoms with van der Waals surface area (Å²) in [6, 6.07) is 15.1. The number of rotatable bonds is 4. The summed E-state index contributed by atoms with van der Waals surface area (Å²) in [5, 5.41) is 6.90. The van der Waals surface area contributed by atoms with Crippen molar-refractivity contribution < 1.29 is 17.9 Å². The Labute approximate surface area is 178 Å². The maximum absolute atomic E-state index is 16.2. The molecule has 0 fully saturated rings. The van der Waals surface area contributed by atoms with Gasteiger partial charge >= 0.3 is 0 Å². The molecule has 160 valence electrons. The van der Waals surface area contributed by atoms with Crippen molar-refractivity contribution in [2.75, 3.05) is 7.11 Å². The molecule has 2 aromatic carbocycles. The number of fused-ring (bicyclic) bond motifs is 3. The van der Waals surface area contributed by atoms with Gasteiger partial charge in [0.05, 0.1) is 16.6 Å². The average Bonchev–Trinajstić information content (AvgIpc) is 3.28. The predicted molar refractivity (Wildman–Crippen MR) is 112 cm³/mol. The van der Waals surface area contributed by atoms with Crippen molar-refractivity contribution in [3.63, 3.8) is 0 Å². The molecule has 0 amide bonds. The molecular formula is C23H15F3N4O2. The van der Waals surface area contributed by atoms with Crippen molar-refractivity contribution in [3.8, 4) is 5.69 Å². The van der Waals surface area contributed by atoms with Crippen molar-refractivity contribution in [3.05, 3.63) is 100 Å². The molecule has 1 unspecified atom stereocenters. The van der Waals surface area contributed by atoms with Gasteiger partial charge in [-0.15, -0.1) is 0 Å². The van der Waals surface area contributed by atoms with Gasteiger partial charge in [0.25, 0.3) is 11.4 Å². The number of alkyl halides is 1. The SMILES string of the molecule is COC(F)(c1cccc(F)c1F)c1[nH]nc2c1c(=O)n(-c1ccccc1)c1ncccc21. The van der Waals surface area contributed by atoms with Crippen molar-refractivity contribution in [2.24, 2.45) is 0 Å². The Morgan fingerprint density at radius 2 is 1.81 bits per heavy atom. The highest BCUT2D eigenvalue weighted by Gasteiger charge is 2.42. The van der Waals surface area contributed by atoms with Crippen LogP contribution in [0.1, 0.15) is 11.3 Å². The van der Waals surface area contributed by atoms with Gasteiger partial charge in [0.15, 0.2) is 11.6 Å². The number of hydrogen-bond donors (Lipinski definition) is 1. The fourth-order valence-corrected chi connectivity index (χ4v) is 3.86. The molecular weight excluding hydrogens is 421 g/mol. The second kappa shape index (κ2) is 7.31. The highest BCUT2D eigenvalue weighted by molar-refractivity contribution is 6.03. The maximum Gasteiger partial charge on any atom is 0.281 e. The topological polar surface area (TPSA) is 72.8 Å². The molecule has 0 spiro atoms. The minimum Gasteiger partial charge on any atom is -0.341 e. The Bertz CT molecular complexity index is 1530. The Kier molecular flexibility index (Phi) is 4.56. The van der Waals surface area contributed by atoms with Crippen LogP contribution < -0.4 is 5.56 Å². The van der Waals surface area contributed by atoms with Gasteiger partial charge in [-0.05, 0) is 36.4 Å². The van der Waals surface area contributed by atoms with Crippen LogP contribution in [0.15, 0.2) is 71.7 Å². The minimum absolute atomic E-state index is 0.135. The van der Waals surface area contributed by atoms with Crippen molar-refractivity contribution in [2.45, 2.75) is 5.85 Å². The zero-order chi connectivity index (χ0) is 22.5. The second-order valence-corrected chi connectivity index (χ2v) is 7.07. The highest BCUT2D eigenvalue weighted by atomic mass is 19.2. The van der Waals surface area contributed by atoms with E-state index in [9.17, 15) is 13.6 Å². The number of methoxy groups -OCH3 is 1. The number of pyridine rings is 2. The summed E-state index contributed by atoms with van der Waals surface area (Å²) >= 11 is 0. The van der Waals surface area contributed by atoms with Crippen LogP contribution in [0.25, 0.3) is 27.6 Å². The number of aromatic nitrogens is 4. The van der Waals surface area contributed by atoms with Gasteiger partial charge in [0.2, 0.25) is 0 Å². The second-order valence-electron chi connectivity index (χ2n) is 7.07. The number of H-pyrrole nitrogens is 1. The lowest BCUT2D eigenvalue weighted by molar-refractivity contribution is -0.0969. The molecule has 5 rings (SSSR count). The number of para-hydroxylation sites is 1. The number of hydrogen-bond acceptors (Lipinski definition) is 4. The summed E-state index contributed by atoms with van der Waals surface area (Å²) in [6.07, 6.45) is 1.53. The highest BCUT2D eigenvalue weighted by Crippen LogP contribution is 2.39. The third-order valence-electron chi connectivity index (χ3n) is 5.35. The van der Waals surface area contributed by atoms with E-state index in [4.69, 9.17) is 4.74 Å². The van der Waals surface area contributed by atoms with Gasteiger partial charge in [-0.25, -0.2) is 13.8 Å². The van der Waals surface area contributed by atoms with Crippen LogP contribution in [0.4, 0.5) is 13.2 Å². The fourth-order valence-electron chi connectivity index (χ4n) is 3.86. The van der Waals surface area contributed by atoms with Crippen molar-refractivity contribution in [1.82, 2.24) is 19.7 Å². The van der Waals surface area contributed by atoms with E-state index < -0.39 is 34.3 Å². The zero-order valence-corrected chi connectivity index (χ0v) is 16.6. The summed E-state index contributed by atoms with van der Waals surface area (Å²) in [7, 11) is 0.995. The monoisotopic (exact) mass is 436 g/mol. The first-order valence-electron chi connectivity index (χ1n) is 9.59. The molecule has 3 heterocycles. The molecule has 0 saturated carbocycles. The smallest absolute Gasteiger partial charge is 0.281 e. The Morgan fingerprint density at radius 1 is 1.03 bits per heavy atom. The van der Waals surface area contributed by atoms with Crippen molar-refractivity contribution in [1.29, 1.82) is 0 Å². The predicted octanol–water partition coefficient (Wildman–Crippen LogP) is 4.36. The van der Waals surface area contributed by atoms with Gasteiger partial charge in [-0.3, -0.25) is 14.5 Å². The van der Waals surface area contributed by atoms with Crippen LogP contribution in [-0.2, 0) is 10.6 Å².